The van der Waals surface area contributed by atoms with Crippen LogP contribution in [-0.2, 0) is 26.1 Å². The first-order valence-electron chi connectivity index (χ1n) is 10.4. The minimum Gasteiger partial charge on any atom is -0.451 e. The molecule has 1 aliphatic heterocycles. The van der Waals surface area contributed by atoms with E-state index in [0.29, 0.717) is 6.54 Å². The van der Waals surface area contributed by atoms with Crippen molar-refractivity contribution in [1.82, 2.24) is 24.2 Å². The molecule has 0 saturated carbocycles. The first kappa shape index (κ1) is 22.6. The fraction of sp³-hybridized carbons (Fsp3) is 0.273. The lowest BCUT2D eigenvalue weighted by Crippen LogP contribution is -2.51. The molecular weight excluding hydrogens is 446 g/mol. The van der Waals surface area contributed by atoms with Gasteiger partial charge in [-0.3, -0.25) is 4.79 Å². The van der Waals surface area contributed by atoms with E-state index in [-0.39, 0.29) is 36.8 Å². The van der Waals surface area contributed by atoms with E-state index in [1.54, 1.807) is 30.3 Å². The van der Waals surface area contributed by atoms with Gasteiger partial charge < -0.3 is 9.64 Å². The summed E-state index contributed by atoms with van der Waals surface area (Å²) in [5.74, 6) is -1.13. The fourth-order valence-corrected chi connectivity index (χ4v) is 4.89. The summed E-state index contributed by atoms with van der Waals surface area (Å²) in [7, 11) is -3.60. The highest BCUT2D eigenvalue weighted by Gasteiger charge is 2.30. The van der Waals surface area contributed by atoms with Crippen LogP contribution in [0.2, 0.25) is 0 Å². The van der Waals surface area contributed by atoms with E-state index in [0.717, 1.165) is 5.56 Å². The van der Waals surface area contributed by atoms with Gasteiger partial charge in [0.2, 0.25) is 10.0 Å². The quantitative estimate of drug-likeness (QED) is 0.475. The third kappa shape index (κ3) is 5.44. The van der Waals surface area contributed by atoms with Crippen molar-refractivity contribution in [2.45, 2.75) is 11.4 Å². The molecule has 2 aromatic carbocycles. The van der Waals surface area contributed by atoms with Gasteiger partial charge in [-0.15, -0.1) is 5.10 Å². The zero-order chi connectivity index (χ0) is 23.3. The fourth-order valence-electron chi connectivity index (χ4n) is 3.45. The first-order valence-corrected chi connectivity index (χ1v) is 11.8. The number of carbonyl (C=O) groups is 2. The van der Waals surface area contributed by atoms with Crippen LogP contribution in [0.5, 0.6) is 0 Å². The molecule has 0 atom stereocenters. The monoisotopic (exact) mass is 469 g/mol. The molecule has 0 radical (unpaired) electrons. The number of aromatic nitrogens is 3. The van der Waals surface area contributed by atoms with Crippen molar-refractivity contribution in [2.24, 2.45) is 0 Å². The lowest BCUT2D eigenvalue weighted by Gasteiger charge is -2.33. The number of hydrogen-bond acceptors (Lipinski definition) is 7. The number of amides is 1. The number of sulfonamides is 1. The first-order chi connectivity index (χ1) is 15.9. The third-order valence-electron chi connectivity index (χ3n) is 5.23. The van der Waals surface area contributed by atoms with Crippen molar-refractivity contribution in [1.29, 1.82) is 0 Å². The molecule has 1 amide bonds. The maximum atomic E-state index is 12.7. The minimum atomic E-state index is -3.60. The molecule has 172 valence electrons. The van der Waals surface area contributed by atoms with Crippen molar-refractivity contribution < 1.29 is 22.7 Å². The Balaban J connectivity index is 1.26. The number of nitrogens with zero attached hydrogens (tertiary/aromatic N) is 5. The zero-order valence-corrected chi connectivity index (χ0v) is 18.6. The van der Waals surface area contributed by atoms with E-state index in [4.69, 9.17) is 4.74 Å². The Hall–Kier alpha value is -3.57. The molecule has 3 aromatic rings. The van der Waals surface area contributed by atoms with Crippen molar-refractivity contribution in [3.05, 3.63) is 78.1 Å². The zero-order valence-electron chi connectivity index (χ0n) is 17.8. The highest BCUT2D eigenvalue weighted by molar-refractivity contribution is 7.89. The summed E-state index contributed by atoms with van der Waals surface area (Å²) in [6.07, 6.45) is 1.47. The Bertz CT molecular complexity index is 1210. The predicted molar refractivity (Wildman–Crippen MR) is 118 cm³/mol. The van der Waals surface area contributed by atoms with E-state index in [1.165, 1.54) is 20.1 Å². The molecule has 0 spiro atoms. The van der Waals surface area contributed by atoms with E-state index in [2.05, 4.69) is 10.3 Å². The van der Waals surface area contributed by atoms with Crippen LogP contribution in [0, 0.1) is 0 Å². The second kappa shape index (κ2) is 9.92. The number of benzene rings is 2. The summed E-state index contributed by atoms with van der Waals surface area (Å²) in [6, 6.07) is 17.8. The lowest BCUT2D eigenvalue weighted by atomic mass is 10.2. The van der Waals surface area contributed by atoms with Crippen LogP contribution < -0.4 is 0 Å². The summed E-state index contributed by atoms with van der Waals surface area (Å²) in [6.45, 7) is 0.785. The summed E-state index contributed by atoms with van der Waals surface area (Å²) >= 11 is 0. The molecule has 10 nitrogen and oxygen atoms in total. The Kier molecular flexibility index (Phi) is 6.80. The lowest BCUT2D eigenvalue weighted by molar-refractivity contribution is -0.135. The highest BCUT2D eigenvalue weighted by Crippen LogP contribution is 2.17. The molecule has 33 heavy (non-hydrogen) atoms. The van der Waals surface area contributed by atoms with E-state index < -0.39 is 28.5 Å². The van der Waals surface area contributed by atoms with Gasteiger partial charge >= 0.3 is 5.97 Å². The van der Waals surface area contributed by atoms with Crippen molar-refractivity contribution in [3.63, 3.8) is 0 Å². The molecule has 1 saturated heterocycles. The maximum absolute atomic E-state index is 12.7. The van der Waals surface area contributed by atoms with E-state index >= 15 is 0 Å². The number of rotatable bonds is 7. The number of piperazine rings is 1. The molecule has 0 N–H and O–H groups in total. The average Bonchev–Trinajstić information content (AvgIpc) is 3.32. The van der Waals surface area contributed by atoms with Crippen LogP contribution in [0.4, 0.5) is 0 Å². The normalized spacial score (nSPS) is 14.7. The summed E-state index contributed by atoms with van der Waals surface area (Å²) in [4.78, 5) is 26.4. The van der Waals surface area contributed by atoms with Crippen molar-refractivity contribution in [3.8, 4) is 0 Å². The van der Waals surface area contributed by atoms with Gasteiger partial charge in [0, 0.05) is 26.2 Å². The maximum Gasteiger partial charge on any atom is 0.361 e. The van der Waals surface area contributed by atoms with Gasteiger partial charge in [0.25, 0.3) is 5.91 Å². The second-order valence-electron chi connectivity index (χ2n) is 7.46. The molecule has 1 aromatic heterocycles. The standard InChI is InChI=1S/C22H23N5O5S/c28-21(25-11-13-27(14-12-25)33(30,31)19-9-5-2-6-10-19)17-32-22(29)20-16-26(24-23-20)15-18-7-3-1-4-8-18/h1-10,16H,11-15,17H2. The SMILES string of the molecule is O=C(OCC(=O)N1CCN(S(=O)(=O)c2ccccc2)CC1)c1cn(Cc2ccccc2)nn1. The van der Waals surface area contributed by atoms with Gasteiger partial charge in [-0.25, -0.2) is 17.9 Å². The number of carbonyl (C=O) groups excluding carboxylic acids is 2. The van der Waals surface area contributed by atoms with E-state index in [9.17, 15) is 18.0 Å². The third-order valence-corrected chi connectivity index (χ3v) is 7.15. The van der Waals surface area contributed by atoms with Gasteiger partial charge in [-0.2, -0.15) is 4.31 Å². The average molecular weight is 470 g/mol. The Morgan fingerprint density at radius 1 is 0.909 bits per heavy atom. The Morgan fingerprint density at radius 3 is 2.21 bits per heavy atom. The smallest absolute Gasteiger partial charge is 0.361 e. The minimum absolute atomic E-state index is 0.0116. The largest absolute Gasteiger partial charge is 0.451 e. The van der Waals surface area contributed by atoms with Crippen LogP contribution >= 0.6 is 0 Å². The molecule has 0 aliphatic carbocycles. The summed E-state index contributed by atoms with van der Waals surface area (Å²) < 4.78 is 33.3. The van der Waals surface area contributed by atoms with Crippen molar-refractivity contribution >= 4 is 21.9 Å². The molecule has 0 bridgehead atoms. The molecule has 1 aliphatic rings. The number of esters is 1. The molecule has 2 heterocycles. The van der Waals surface area contributed by atoms with Gasteiger partial charge in [0.05, 0.1) is 17.6 Å². The Morgan fingerprint density at radius 2 is 1.55 bits per heavy atom. The number of ether oxygens (including phenoxy) is 1. The van der Waals surface area contributed by atoms with Crippen LogP contribution in [0.15, 0.2) is 71.8 Å². The van der Waals surface area contributed by atoms with E-state index in [1.807, 2.05) is 30.3 Å². The molecule has 1 fully saturated rings. The van der Waals surface area contributed by atoms with Crippen LogP contribution in [0.25, 0.3) is 0 Å². The van der Waals surface area contributed by atoms with Gasteiger partial charge in [-0.1, -0.05) is 53.7 Å². The van der Waals surface area contributed by atoms with Crippen LogP contribution in [0.3, 0.4) is 0 Å². The van der Waals surface area contributed by atoms with Crippen molar-refractivity contribution in [2.75, 3.05) is 32.8 Å². The van der Waals surface area contributed by atoms with Gasteiger partial charge in [-0.05, 0) is 17.7 Å². The Labute approximate surface area is 191 Å². The molecule has 0 unspecified atom stereocenters. The number of hydrogen-bond donors (Lipinski definition) is 0. The highest BCUT2D eigenvalue weighted by atomic mass is 32.2. The molecule has 11 heteroatoms. The van der Waals surface area contributed by atoms with Gasteiger partial charge in [0.15, 0.2) is 12.3 Å². The summed E-state index contributed by atoms with van der Waals surface area (Å²) in [5.41, 5.74) is 1.02. The predicted octanol–water partition coefficient (Wildman–Crippen LogP) is 1.02. The van der Waals surface area contributed by atoms with Crippen LogP contribution in [-0.4, -0.2) is 77.3 Å². The topological polar surface area (TPSA) is 115 Å². The second-order valence-corrected chi connectivity index (χ2v) is 9.40. The van der Waals surface area contributed by atoms with Crippen LogP contribution in [0.1, 0.15) is 16.1 Å². The summed E-state index contributed by atoms with van der Waals surface area (Å²) in [5, 5.41) is 7.72. The van der Waals surface area contributed by atoms with Gasteiger partial charge in [0.1, 0.15) is 0 Å². The molecule has 4 rings (SSSR count). The molecular formula is C22H23N5O5S.